The molecule has 0 aliphatic rings. The zero-order valence-electron chi connectivity index (χ0n) is 16.7. The van der Waals surface area contributed by atoms with Gasteiger partial charge in [0.15, 0.2) is 0 Å². The predicted octanol–water partition coefficient (Wildman–Crippen LogP) is 7.61. The van der Waals surface area contributed by atoms with Gasteiger partial charge in [0.1, 0.15) is 0 Å². The molecule has 0 N–H and O–H groups in total. The molecule has 0 spiro atoms. The predicted molar refractivity (Wildman–Crippen MR) is 120 cm³/mol. The van der Waals surface area contributed by atoms with Crippen LogP contribution in [0.15, 0.2) is 91.1 Å². The van der Waals surface area contributed by atoms with Crippen molar-refractivity contribution in [2.24, 2.45) is 0 Å². The first-order chi connectivity index (χ1) is 15.5. The summed E-state index contributed by atoms with van der Waals surface area (Å²) in [6.45, 7) is 0. The van der Waals surface area contributed by atoms with E-state index in [9.17, 15) is 18.4 Å². The van der Waals surface area contributed by atoms with Gasteiger partial charge < -0.3 is 0 Å². The zero-order chi connectivity index (χ0) is 22.3. The van der Waals surface area contributed by atoms with Gasteiger partial charge in [0.05, 0.1) is 22.9 Å². The number of alkyl halides is 3. The van der Waals surface area contributed by atoms with Gasteiger partial charge in [-0.2, -0.15) is 18.4 Å². The average Bonchev–Trinajstić information content (AvgIpc) is 2.82. The largest absolute Gasteiger partial charge is 0.417 e. The van der Waals surface area contributed by atoms with Gasteiger partial charge in [-0.25, -0.2) is 0 Å². The van der Waals surface area contributed by atoms with E-state index >= 15 is 0 Å². The van der Waals surface area contributed by atoms with Gasteiger partial charge in [0.2, 0.25) is 0 Å². The van der Waals surface area contributed by atoms with Crippen molar-refractivity contribution < 1.29 is 13.2 Å². The van der Waals surface area contributed by atoms with Crippen molar-refractivity contribution in [1.29, 1.82) is 5.26 Å². The van der Waals surface area contributed by atoms with Gasteiger partial charge in [0.25, 0.3) is 0 Å². The second-order valence-corrected chi connectivity index (χ2v) is 7.50. The van der Waals surface area contributed by atoms with E-state index in [2.05, 4.69) is 11.1 Å². The fourth-order valence-corrected chi connectivity index (χ4v) is 4.10. The molecule has 0 atom stereocenters. The molecule has 0 unspecified atom stereocenters. The molecule has 154 valence electrons. The van der Waals surface area contributed by atoms with Gasteiger partial charge in [-0.1, -0.05) is 54.6 Å². The highest BCUT2D eigenvalue weighted by Crippen LogP contribution is 2.38. The maximum atomic E-state index is 13.5. The van der Waals surface area contributed by atoms with E-state index in [4.69, 9.17) is 0 Å². The van der Waals surface area contributed by atoms with Crippen LogP contribution >= 0.6 is 0 Å². The normalized spacial score (nSPS) is 11.6. The Balaban J connectivity index is 1.70. The SMILES string of the molecule is N#Cc1cc(-c2nccc3cc(-c4ccccc4C(F)(F)F)ccc23)cc2ccccc12. The van der Waals surface area contributed by atoms with Crippen LogP contribution in [0.2, 0.25) is 0 Å². The Bertz CT molecular complexity index is 1530. The Labute approximate surface area is 182 Å². The molecular weight excluding hydrogens is 409 g/mol. The van der Waals surface area contributed by atoms with Crippen molar-refractivity contribution in [2.75, 3.05) is 0 Å². The molecule has 32 heavy (non-hydrogen) atoms. The third kappa shape index (κ3) is 3.36. The van der Waals surface area contributed by atoms with Gasteiger partial charge in [-0.3, -0.25) is 4.98 Å². The third-order valence-electron chi connectivity index (χ3n) is 5.56. The van der Waals surface area contributed by atoms with Crippen molar-refractivity contribution in [2.45, 2.75) is 6.18 Å². The Morgan fingerprint density at radius 1 is 0.719 bits per heavy atom. The van der Waals surface area contributed by atoms with Crippen molar-refractivity contribution in [1.82, 2.24) is 4.98 Å². The van der Waals surface area contributed by atoms with Crippen LogP contribution in [0.1, 0.15) is 11.1 Å². The number of benzene rings is 4. The minimum absolute atomic E-state index is 0.137. The standard InChI is InChI=1S/C27H15F3N2/c28-27(29,30)25-8-4-3-7-23(25)18-9-10-24-19(13-18)11-12-32-26(24)20-14-17-5-1-2-6-22(17)21(15-20)16-31/h1-15H. The van der Waals surface area contributed by atoms with Gasteiger partial charge in [-0.05, 0) is 57.6 Å². The van der Waals surface area contributed by atoms with Gasteiger partial charge in [0, 0.05) is 17.1 Å². The number of fused-ring (bicyclic) bond motifs is 2. The lowest BCUT2D eigenvalue weighted by molar-refractivity contribution is -0.137. The van der Waals surface area contributed by atoms with Crippen molar-refractivity contribution in [3.05, 3.63) is 102 Å². The fourth-order valence-electron chi connectivity index (χ4n) is 4.10. The number of halogens is 3. The molecule has 1 heterocycles. The average molecular weight is 424 g/mol. The summed E-state index contributed by atoms with van der Waals surface area (Å²) in [6, 6.07) is 26.2. The topological polar surface area (TPSA) is 36.7 Å². The Kier molecular flexibility index (Phi) is 4.64. The summed E-state index contributed by atoms with van der Waals surface area (Å²) in [7, 11) is 0. The molecule has 0 fully saturated rings. The second kappa shape index (κ2) is 7.51. The van der Waals surface area contributed by atoms with Crippen LogP contribution in [-0.4, -0.2) is 4.98 Å². The van der Waals surface area contributed by atoms with Gasteiger partial charge >= 0.3 is 6.18 Å². The minimum Gasteiger partial charge on any atom is -0.256 e. The Hall–Kier alpha value is -4.17. The van der Waals surface area contributed by atoms with Crippen LogP contribution < -0.4 is 0 Å². The first kappa shape index (κ1) is 19.8. The molecule has 5 aromatic rings. The van der Waals surface area contributed by atoms with E-state index in [-0.39, 0.29) is 5.56 Å². The number of pyridine rings is 1. The first-order valence-electron chi connectivity index (χ1n) is 9.94. The Morgan fingerprint density at radius 2 is 1.44 bits per heavy atom. The highest BCUT2D eigenvalue weighted by molar-refractivity contribution is 6.00. The third-order valence-corrected chi connectivity index (χ3v) is 5.56. The van der Waals surface area contributed by atoms with Crippen LogP contribution in [0.5, 0.6) is 0 Å². The first-order valence-corrected chi connectivity index (χ1v) is 9.94. The summed E-state index contributed by atoms with van der Waals surface area (Å²) in [6.07, 6.45) is -2.80. The number of hydrogen-bond acceptors (Lipinski definition) is 2. The molecule has 0 bridgehead atoms. The van der Waals surface area contributed by atoms with Crippen LogP contribution in [0, 0.1) is 11.3 Å². The summed E-state index contributed by atoms with van der Waals surface area (Å²) in [5.74, 6) is 0. The molecule has 5 heteroatoms. The van der Waals surface area contributed by atoms with Crippen LogP contribution in [0.4, 0.5) is 13.2 Å². The molecule has 0 saturated heterocycles. The van der Waals surface area contributed by atoms with Crippen LogP contribution in [-0.2, 0) is 6.18 Å². The van der Waals surface area contributed by atoms with Gasteiger partial charge in [-0.15, -0.1) is 0 Å². The summed E-state index contributed by atoms with van der Waals surface area (Å²) >= 11 is 0. The van der Waals surface area contributed by atoms with Crippen molar-refractivity contribution in [3.63, 3.8) is 0 Å². The van der Waals surface area contributed by atoms with Crippen molar-refractivity contribution >= 4 is 21.5 Å². The van der Waals surface area contributed by atoms with E-state index in [0.29, 0.717) is 16.8 Å². The molecule has 5 rings (SSSR count). The minimum atomic E-state index is -4.44. The lowest BCUT2D eigenvalue weighted by Gasteiger charge is -2.14. The van der Waals surface area contributed by atoms with Crippen LogP contribution in [0.3, 0.4) is 0 Å². The molecule has 1 aromatic heterocycles. The summed E-state index contributed by atoms with van der Waals surface area (Å²) in [5, 5.41) is 13.0. The highest BCUT2D eigenvalue weighted by Gasteiger charge is 2.33. The number of aromatic nitrogens is 1. The number of nitriles is 1. The Morgan fingerprint density at radius 3 is 2.25 bits per heavy atom. The maximum absolute atomic E-state index is 13.5. The molecular formula is C27H15F3N2. The number of nitrogens with zero attached hydrogens (tertiary/aromatic N) is 2. The lowest BCUT2D eigenvalue weighted by Crippen LogP contribution is -2.06. The van der Waals surface area contributed by atoms with E-state index < -0.39 is 11.7 Å². The van der Waals surface area contributed by atoms with Crippen molar-refractivity contribution in [3.8, 4) is 28.5 Å². The molecule has 4 aromatic carbocycles. The van der Waals surface area contributed by atoms with Crippen LogP contribution in [0.25, 0.3) is 43.9 Å². The fraction of sp³-hybridized carbons (Fsp3) is 0.0370. The molecule has 0 radical (unpaired) electrons. The maximum Gasteiger partial charge on any atom is 0.417 e. The highest BCUT2D eigenvalue weighted by atomic mass is 19.4. The molecule has 0 amide bonds. The van der Waals surface area contributed by atoms with E-state index in [1.807, 2.05) is 30.3 Å². The summed E-state index contributed by atoms with van der Waals surface area (Å²) in [5.41, 5.74) is 1.97. The van der Waals surface area contributed by atoms with E-state index in [0.717, 1.165) is 33.2 Å². The molecule has 2 nitrogen and oxygen atoms in total. The smallest absolute Gasteiger partial charge is 0.256 e. The van der Waals surface area contributed by atoms with E-state index in [1.165, 1.54) is 12.1 Å². The monoisotopic (exact) mass is 424 g/mol. The molecule has 0 aliphatic heterocycles. The second-order valence-electron chi connectivity index (χ2n) is 7.50. The lowest BCUT2D eigenvalue weighted by atomic mass is 9.94. The molecule has 0 aliphatic carbocycles. The summed E-state index contributed by atoms with van der Waals surface area (Å²) in [4.78, 5) is 4.53. The quantitative estimate of drug-likeness (QED) is 0.292. The summed E-state index contributed by atoms with van der Waals surface area (Å²) < 4.78 is 40.5. The number of hydrogen-bond donors (Lipinski definition) is 0. The van der Waals surface area contributed by atoms with E-state index in [1.54, 1.807) is 42.6 Å². The zero-order valence-corrected chi connectivity index (χ0v) is 16.7. The molecule has 0 saturated carbocycles. The number of rotatable bonds is 2.